The van der Waals surface area contributed by atoms with Crippen molar-refractivity contribution in [3.05, 3.63) is 60.4 Å². The average Bonchev–Trinajstić information content (AvgIpc) is 3.22. The summed E-state index contributed by atoms with van der Waals surface area (Å²) in [6.45, 7) is 4.52. The van der Waals surface area contributed by atoms with Crippen LogP contribution < -0.4 is 20.1 Å². The monoisotopic (exact) mass is 407 g/mol. The molecule has 8 nitrogen and oxygen atoms in total. The van der Waals surface area contributed by atoms with Crippen LogP contribution in [0.5, 0.6) is 11.5 Å². The Bertz CT molecular complexity index is 1020. The van der Waals surface area contributed by atoms with Gasteiger partial charge in [0.1, 0.15) is 17.8 Å². The Morgan fingerprint density at radius 2 is 1.97 bits per heavy atom. The van der Waals surface area contributed by atoms with Crippen LogP contribution in [0, 0.1) is 5.92 Å². The molecule has 0 bridgehead atoms. The van der Waals surface area contributed by atoms with Gasteiger partial charge >= 0.3 is 0 Å². The number of hydrogen-bond donors (Lipinski definition) is 2. The van der Waals surface area contributed by atoms with Crippen LogP contribution in [0.15, 0.2) is 54.9 Å². The molecule has 156 valence electrons. The van der Waals surface area contributed by atoms with Crippen LogP contribution in [0.3, 0.4) is 0 Å². The number of carbonyl (C=O) groups excluding carboxylic acids is 1. The number of methoxy groups -OCH3 is 1. The molecule has 3 atom stereocenters. The molecule has 2 aromatic carbocycles. The van der Waals surface area contributed by atoms with E-state index in [2.05, 4.69) is 20.7 Å². The highest BCUT2D eigenvalue weighted by Gasteiger charge is 2.41. The van der Waals surface area contributed by atoms with Crippen LogP contribution in [0.2, 0.25) is 0 Å². The van der Waals surface area contributed by atoms with Crippen LogP contribution >= 0.6 is 0 Å². The van der Waals surface area contributed by atoms with Gasteiger partial charge in [-0.05, 0) is 43.7 Å². The number of aromatic nitrogens is 3. The molecule has 0 saturated heterocycles. The van der Waals surface area contributed by atoms with Gasteiger partial charge in [0.15, 0.2) is 0 Å². The first kappa shape index (κ1) is 19.8. The van der Waals surface area contributed by atoms with E-state index in [1.54, 1.807) is 11.8 Å². The van der Waals surface area contributed by atoms with Crippen molar-refractivity contribution < 1.29 is 14.3 Å². The standard InChI is InChI=1S/C22H25N5O3/c1-4-30-16-11-9-15(10-12-16)20-19(14(2)25-22-23-13-24-27(20)22)21(28)26-17-7-5-6-8-18(17)29-3/h5-14,19-20H,4H2,1-3H3,(H,26,28)(H,23,24,25)/t14-,19-,20+/m0/s1. The fourth-order valence-electron chi connectivity index (χ4n) is 3.89. The molecular formula is C22H25N5O3. The molecule has 30 heavy (non-hydrogen) atoms. The van der Waals surface area contributed by atoms with E-state index in [1.165, 1.54) is 6.33 Å². The average molecular weight is 407 g/mol. The molecule has 1 aliphatic heterocycles. The number of fused-ring (bicyclic) bond motifs is 1. The number of benzene rings is 2. The van der Waals surface area contributed by atoms with Gasteiger partial charge in [-0.1, -0.05) is 24.3 Å². The van der Waals surface area contributed by atoms with E-state index < -0.39 is 5.92 Å². The molecule has 0 radical (unpaired) electrons. The zero-order chi connectivity index (χ0) is 21.1. The van der Waals surface area contributed by atoms with E-state index in [0.29, 0.717) is 24.0 Å². The summed E-state index contributed by atoms with van der Waals surface area (Å²) in [5, 5.41) is 10.7. The Labute approximate surface area is 175 Å². The third-order valence-corrected chi connectivity index (χ3v) is 5.27. The van der Waals surface area contributed by atoms with E-state index in [0.717, 1.165) is 11.3 Å². The maximum Gasteiger partial charge on any atom is 0.232 e. The number of rotatable bonds is 6. The summed E-state index contributed by atoms with van der Waals surface area (Å²) < 4.78 is 12.7. The van der Waals surface area contributed by atoms with Crippen LogP contribution in [0.25, 0.3) is 0 Å². The molecule has 3 aromatic rings. The second-order valence-corrected chi connectivity index (χ2v) is 7.12. The van der Waals surface area contributed by atoms with Gasteiger partial charge in [-0.15, -0.1) is 0 Å². The summed E-state index contributed by atoms with van der Waals surface area (Å²) in [5.74, 6) is 1.49. The van der Waals surface area contributed by atoms with Gasteiger partial charge in [-0.3, -0.25) is 4.79 Å². The number of nitrogens with one attached hydrogen (secondary N) is 2. The normalized spacial score (nSPS) is 20.0. The number of carbonyl (C=O) groups is 1. The zero-order valence-electron chi connectivity index (χ0n) is 17.2. The number of amides is 1. The second kappa shape index (κ2) is 8.44. The Morgan fingerprint density at radius 3 is 2.70 bits per heavy atom. The molecule has 0 spiro atoms. The summed E-state index contributed by atoms with van der Waals surface area (Å²) in [6, 6.07) is 14.7. The van der Waals surface area contributed by atoms with E-state index >= 15 is 0 Å². The van der Waals surface area contributed by atoms with Crippen molar-refractivity contribution in [2.24, 2.45) is 5.92 Å². The van der Waals surface area contributed by atoms with Crippen molar-refractivity contribution in [2.45, 2.75) is 25.9 Å². The number of ether oxygens (including phenoxy) is 2. The van der Waals surface area contributed by atoms with Crippen LogP contribution in [-0.2, 0) is 4.79 Å². The van der Waals surface area contributed by atoms with Gasteiger partial charge in [-0.2, -0.15) is 10.1 Å². The largest absolute Gasteiger partial charge is 0.495 e. The lowest BCUT2D eigenvalue weighted by Gasteiger charge is -2.37. The quantitative estimate of drug-likeness (QED) is 0.651. The van der Waals surface area contributed by atoms with E-state index in [9.17, 15) is 4.79 Å². The first-order chi connectivity index (χ1) is 14.6. The molecule has 2 N–H and O–H groups in total. The first-order valence-corrected chi connectivity index (χ1v) is 9.95. The van der Waals surface area contributed by atoms with Gasteiger partial charge in [0.05, 0.1) is 31.4 Å². The van der Waals surface area contributed by atoms with Crippen molar-refractivity contribution in [3.8, 4) is 11.5 Å². The summed E-state index contributed by atoms with van der Waals surface area (Å²) in [6.07, 6.45) is 1.50. The first-order valence-electron chi connectivity index (χ1n) is 9.95. The summed E-state index contributed by atoms with van der Waals surface area (Å²) in [5.41, 5.74) is 1.59. The van der Waals surface area contributed by atoms with Crippen molar-refractivity contribution >= 4 is 17.5 Å². The molecule has 0 saturated carbocycles. The molecule has 0 fully saturated rings. The summed E-state index contributed by atoms with van der Waals surface area (Å²) in [4.78, 5) is 17.7. The van der Waals surface area contributed by atoms with Crippen LogP contribution in [-0.4, -0.2) is 40.4 Å². The van der Waals surface area contributed by atoms with Crippen molar-refractivity contribution in [3.63, 3.8) is 0 Å². The maximum atomic E-state index is 13.4. The van der Waals surface area contributed by atoms with E-state index in [-0.39, 0.29) is 18.0 Å². The predicted molar refractivity (Wildman–Crippen MR) is 114 cm³/mol. The maximum absolute atomic E-state index is 13.4. The van der Waals surface area contributed by atoms with Gasteiger partial charge in [-0.25, -0.2) is 4.68 Å². The number of para-hydroxylation sites is 2. The lowest BCUT2D eigenvalue weighted by molar-refractivity contribution is -0.121. The number of hydrogen-bond acceptors (Lipinski definition) is 6. The Balaban J connectivity index is 1.69. The minimum absolute atomic E-state index is 0.125. The molecule has 1 amide bonds. The third-order valence-electron chi connectivity index (χ3n) is 5.27. The molecule has 4 rings (SSSR count). The Morgan fingerprint density at radius 1 is 1.20 bits per heavy atom. The fourth-order valence-corrected chi connectivity index (χ4v) is 3.89. The highest BCUT2D eigenvalue weighted by Crippen LogP contribution is 2.37. The van der Waals surface area contributed by atoms with Crippen LogP contribution in [0.1, 0.15) is 25.5 Å². The molecule has 1 aromatic heterocycles. The van der Waals surface area contributed by atoms with Gasteiger partial charge in [0.2, 0.25) is 11.9 Å². The fraction of sp³-hybridized carbons (Fsp3) is 0.318. The van der Waals surface area contributed by atoms with E-state index in [1.807, 2.05) is 62.4 Å². The smallest absolute Gasteiger partial charge is 0.232 e. The molecule has 8 heteroatoms. The molecule has 2 heterocycles. The third kappa shape index (κ3) is 3.68. The lowest BCUT2D eigenvalue weighted by atomic mass is 9.85. The van der Waals surface area contributed by atoms with Gasteiger partial charge < -0.3 is 20.1 Å². The molecular weight excluding hydrogens is 382 g/mol. The van der Waals surface area contributed by atoms with Crippen molar-refractivity contribution in [1.82, 2.24) is 14.8 Å². The van der Waals surface area contributed by atoms with Crippen molar-refractivity contribution in [1.29, 1.82) is 0 Å². The number of nitrogens with zero attached hydrogens (tertiary/aromatic N) is 3. The number of anilines is 2. The van der Waals surface area contributed by atoms with Gasteiger partial charge in [0.25, 0.3) is 0 Å². The Kier molecular flexibility index (Phi) is 5.56. The lowest BCUT2D eigenvalue weighted by Crippen LogP contribution is -2.46. The molecule has 1 aliphatic rings. The molecule has 0 unspecified atom stereocenters. The zero-order valence-corrected chi connectivity index (χ0v) is 17.2. The van der Waals surface area contributed by atoms with Crippen LogP contribution in [0.4, 0.5) is 11.6 Å². The van der Waals surface area contributed by atoms with E-state index in [4.69, 9.17) is 9.47 Å². The minimum Gasteiger partial charge on any atom is -0.495 e. The SMILES string of the molecule is CCOc1ccc([C@@H]2[C@@H](C(=O)Nc3ccccc3OC)[C@H](C)Nc3ncnn32)cc1. The Hall–Kier alpha value is -3.55. The second-order valence-electron chi connectivity index (χ2n) is 7.12. The predicted octanol–water partition coefficient (Wildman–Crippen LogP) is 3.34. The highest BCUT2D eigenvalue weighted by atomic mass is 16.5. The topological polar surface area (TPSA) is 90.3 Å². The van der Waals surface area contributed by atoms with Crippen molar-refractivity contribution in [2.75, 3.05) is 24.4 Å². The molecule has 0 aliphatic carbocycles. The highest BCUT2D eigenvalue weighted by molar-refractivity contribution is 5.95. The van der Waals surface area contributed by atoms with Gasteiger partial charge in [0, 0.05) is 6.04 Å². The summed E-state index contributed by atoms with van der Waals surface area (Å²) >= 11 is 0. The minimum atomic E-state index is -0.429. The summed E-state index contributed by atoms with van der Waals surface area (Å²) in [7, 11) is 1.58.